The number of aromatic nitrogens is 4. The largest absolute Gasteiger partial charge is 0.506 e. The molecule has 0 fully saturated rings. The Morgan fingerprint density at radius 3 is 3.07 bits per heavy atom. The molecule has 2 aromatic rings. The van der Waals surface area contributed by atoms with E-state index in [4.69, 9.17) is 0 Å². The molecule has 0 atom stereocenters. The first kappa shape index (κ1) is 9.64. The van der Waals surface area contributed by atoms with Crippen molar-refractivity contribution in [1.82, 2.24) is 20.0 Å². The Kier molecular flexibility index (Phi) is 2.62. The van der Waals surface area contributed by atoms with E-state index < -0.39 is 0 Å². The molecule has 1 N–H and O–H groups in total. The van der Waals surface area contributed by atoms with Crippen LogP contribution in [0.1, 0.15) is 13.3 Å². The fourth-order valence-corrected chi connectivity index (χ4v) is 1.41. The van der Waals surface area contributed by atoms with Gasteiger partial charge in [0.25, 0.3) is 0 Å². The van der Waals surface area contributed by atoms with E-state index in [0.29, 0.717) is 5.69 Å². The maximum Gasteiger partial charge on any atom is 0.143 e. The van der Waals surface area contributed by atoms with Gasteiger partial charge in [0.2, 0.25) is 0 Å². The predicted molar refractivity (Wildman–Crippen MR) is 55.2 cm³/mol. The summed E-state index contributed by atoms with van der Waals surface area (Å²) in [5.74, 6) is 0.150. The first-order valence-electron chi connectivity index (χ1n) is 4.85. The number of aryl methyl sites for hydroxylation is 1. The van der Waals surface area contributed by atoms with Gasteiger partial charge in [-0.05, 0) is 18.6 Å². The fourth-order valence-electron chi connectivity index (χ4n) is 1.41. The van der Waals surface area contributed by atoms with Crippen LogP contribution >= 0.6 is 0 Å². The van der Waals surface area contributed by atoms with Crippen molar-refractivity contribution in [1.29, 1.82) is 0 Å². The molecule has 0 bridgehead atoms. The lowest BCUT2D eigenvalue weighted by Crippen LogP contribution is -2.02. The minimum absolute atomic E-state index is 0.150. The van der Waals surface area contributed by atoms with Crippen molar-refractivity contribution >= 4 is 0 Å². The number of pyridine rings is 1. The summed E-state index contributed by atoms with van der Waals surface area (Å²) in [7, 11) is 0. The number of hydrogen-bond donors (Lipinski definition) is 1. The molecule has 0 unspecified atom stereocenters. The lowest BCUT2D eigenvalue weighted by Gasteiger charge is -2.04. The van der Waals surface area contributed by atoms with Crippen molar-refractivity contribution in [3.8, 4) is 17.1 Å². The molecule has 2 aromatic heterocycles. The zero-order valence-electron chi connectivity index (χ0n) is 8.46. The highest BCUT2D eigenvalue weighted by Crippen LogP contribution is 2.24. The maximum absolute atomic E-state index is 9.64. The van der Waals surface area contributed by atoms with Crippen LogP contribution in [0.5, 0.6) is 5.75 Å². The molecule has 15 heavy (non-hydrogen) atoms. The molecular weight excluding hydrogens is 192 g/mol. The molecule has 0 saturated carbocycles. The minimum atomic E-state index is 0.150. The molecule has 0 aromatic carbocycles. The highest BCUT2D eigenvalue weighted by Gasteiger charge is 2.10. The first-order valence-corrected chi connectivity index (χ1v) is 4.85. The van der Waals surface area contributed by atoms with E-state index in [2.05, 4.69) is 22.2 Å². The molecule has 0 radical (unpaired) electrons. The Labute approximate surface area is 87.4 Å². The highest BCUT2D eigenvalue weighted by molar-refractivity contribution is 5.60. The molecular formula is C10H12N4O. The summed E-state index contributed by atoms with van der Waals surface area (Å²) >= 11 is 0. The summed E-state index contributed by atoms with van der Waals surface area (Å²) in [6.07, 6.45) is 4.21. The number of hydrogen-bond acceptors (Lipinski definition) is 4. The third-order valence-corrected chi connectivity index (χ3v) is 2.08. The van der Waals surface area contributed by atoms with E-state index in [9.17, 15) is 5.11 Å². The van der Waals surface area contributed by atoms with Crippen molar-refractivity contribution in [2.24, 2.45) is 0 Å². The van der Waals surface area contributed by atoms with Crippen molar-refractivity contribution in [2.45, 2.75) is 19.9 Å². The number of nitrogens with zero attached hydrogens (tertiary/aromatic N) is 4. The van der Waals surface area contributed by atoms with Crippen LogP contribution in [0.25, 0.3) is 11.4 Å². The maximum atomic E-state index is 9.64. The fraction of sp³-hybridized carbons (Fsp3) is 0.300. The summed E-state index contributed by atoms with van der Waals surface area (Å²) in [6.45, 7) is 2.83. The van der Waals surface area contributed by atoms with Crippen molar-refractivity contribution in [3.05, 3.63) is 24.5 Å². The second-order valence-corrected chi connectivity index (χ2v) is 3.21. The molecule has 2 heterocycles. The van der Waals surface area contributed by atoms with Gasteiger partial charge in [0, 0.05) is 12.7 Å². The molecule has 0 amide bonds. The number of aromatic hydroxyl groups is 1. The van der Waals surface area contributed by atoms with Crippen LogP contribution in [0.2, 0.25) is 0 Å². The van der Waals surface area contributed by atoms with Gasteiger partial charge in [-0.2, -0.15) is 0 Å². The molecule has 0 aliphatic heterocycles. The standard InChI is InChI=1S/C10H12N4O/c1-2-6-14-8(7-12-13-14)10-9(15)4-3-5-11-10/h3-5,7,15H,2,6H2,1H3. The first-order chi connectivity index (χ1) is 7.33. The lowest BCUT2D eigenvalue weighted by atomic mass is 10.2. The summed E-state index contributed by atoms with van der Waals surface area (Å²) < 4.78 is 1.74. The highest BCUT2D eigenvalue weighted by atomic mass is 16.3. The van der Waals surface area contributed by atoms with Crippen LogP contribution in [0.4, 0.5) is 0 Å². The van der Waals surface area contributed by atoms with E-state index in [1.54, 1.807) is 29.2 Å². The van der Waals surface area contributed by atoms with Crippen LogP contribution in [0, 0.1) is 0 Å². The van der Waals surface area contributed by atoms with Gasteiger partial charge >= 0.3 is 0 Å². The Hall–Kier alpha value is -1.91. The van der Waals surface area contributed by atoms with E-state index in [1.165, 1.54) is 0 Å². The van der Waals surface area contributed by atoms with Crippen LogP contribution < -0.4 is 0 Å². The predicted octanol–water partition coefficient (Wildman–Crippen LogP) is 1.46. The van der Waals surface area contributed by atoms with Crippen LogP contribution in [-0.2, 0) is 6.54 Å². The van der Waals surface area contributed by atoms with Gasteiger partial charge in [-0.15, -0.1) is 5.10 Å². The average molecular weight is 204 g/mol. The monoisotopic (exact) mass is 204 g/mol. The van der Waals surface area contributed by atoms with Crippen LogP contribution in [-0.4, -0.2) is 25.1 Å². The van der Waals surface area contributed by atoms with Gasteiger partial charge in [-0.1, -0.05) is 12.1 Å². The molecule has 0 saturated heterocycles. The van der Waals surface area contributed by atoms with Gasteiger partial charge in [-0.3, -0.25) is 4.98 Å². The number of rotatable bonds is 3. The molecule has 0 spiro atoms. The summed E-state index contributed by atoms with van der Waals surface area (Å²) in [6, 6.07) is 3.29. The van der Waals surface area contributed by atoms with Gasteiger partial charge in [-0.25, -0.2) is 4.68 Å². The smallest absolute Gasteiger partial charge is 0.143 e. The normalized spacial score (nSPS) is 10.5. The molecule has 0 aliphatic carbocycles. The molecule has 0 aliphatic rings. The third-order valence-electron chi connectivity index (χ3n) is 2.08. The van der Waals surface area contributed by atoms with Crippen molar-refractivity contribution < 1.29 is 5.11 Å². The van der Waals surface area contributed by atoms with E-state index in [0.717, 1.165) is 18.7 Å². The van der Waals surface area contributed by atoms with Gasteiger partial charge in [0.1, 0.15) is 17.1 Å². The van der Waals surface area contributed by atoms with Crippen LogP contribution in [0.15, 0.2) is 24.5 Å². The van der Waals surface area contributed by atoms with Crippen molar-refractivity contribution in [3.63, 3.8) is 0 Å². The second-order valence-electron chi connectivity index (χ2n) is 3.21. The minimum Gasteiger partial charge on any atom is -0.506 e. The molecule has 5 nitrogen and oxygen atoms in total. The Morgan fingerprint density at radius 1 is 1.47 bits per heavy atom. The molecule has 78 valence electrons. The molecule has 2 rings (SSSR count). The van der Waals surface area contributed by atoms with Gasteiger partial charge in [0.15, 0.2) is 0 Å². The zero-order chi connectivity index (χ0) is 10.7. The van der Waals surface area contributed by atoms with Crippen LogP contribution in [0.3, 0.4) is 0 Å². The molecule has 5 heteroatoms. The zero-order valence-corrected chi connectivity index (χ0v) is 8.46. The second kappa shape index (κ2) is 4.08. The topological polar surface area (TPSA) is 63.8 Å². The lowest BCUT2D eigenvalue weighted by molar-refractivity contribution is 0.473. The SMILES string of the molecule is CCCn1nncc1-c1ncccc1O. The Morgan fingerprint density at radius 2 is 2.33 bits per heavy atom. The van der Waals surface area contributed by atoms with E-state index >= 15 is 0 Å². The van der Waals surface area contributed by atoms with Gasteiger partial charge < -0.3 is 5.11 Å². The summed E-state index contributed by atoms with van der Waals surface area (Å²) in [4.78, 5) is 4.11. The Balaban J connectivity index is 2.45. The van der Waals surface area contributed by atoms with Gasteiger partial charge in [0.05, 0.1) is 6.20 Å². The van der Waals surface area contributed by atoms with E-state index in [-0.39, 0.29) is 5.75 Å². The Bertz CT molecular complexity index is 452. The average Bonchev–Trinajstić information content (AvgIpc) is 2.67. The summed E-state index contributed by atoms with van der Waals surface area (Å²) in [5.41, 5.74) is 1.27. The quantitative estimate of drug-likeness (QED) is 0.822. The van der Waals surface area contributed by atoms with E-state index in [1.807, 2.05) is 0 Å². The third kappa shape index (κ3) is 1.81. The van der Waals surface area contributed by atoms with Crippen molar-refractivity contribution in [2.75, 3.05) is 0 Å². The summed E-state index contributed by atoms with van der Waals surface area (Å²) in [5, 5.41) is 17.4.